The Hall–Kier alpha value is -1.47. The molecule has 17 heavy (non-hydrogen) atoms. The summed E-state index contributed by atoms with van der Waals surface area (Å²) in [5.41, 5.74) is 3.60. The summed E-state index contributed by atoms with van der Waals surface area (Å²) < 4.78 is 26.5. The molecule has 1 aromatic carbocycles. The number of nitrogens with zero attached hydrogens (tertiary/aromatic N) is 2. The lowest BCUT2D eigenvalue weighted by Gasteiger charge is -2.03. The highest BCUT2D eigenvalue weighted by atomic mass is 35.5. The Morgan fingerprint density at radius 3 is 2.65 bits per heavy atom. The van der Waals surface area contributed by atoms with Crippen LogP contribution in [0, 0.1) is 21.7 Å². The van der Waals surface area contributed by atoms with Crippen molar-refractivity contribution in [3.05, 3.63) is 32.8 Å². The lowest BCUT2D eigenvalue weighted by Crippen LogP contribution is -2.12. The van der Waals surface area contributed by atoms with Gasteiger partial charge in [-0.1, -0.05) is 11.6 Å². The Balaban J connectivity index is 3.55. The van der Waals surface area contributed by atoms with Crippen LogP contribution in [0.1, 0.15) is 0 Å². The third kappa shape index (κ3) is 2.80. The van der Waals surface area contributed by atoms with E-state index in [1.165, 1.54) is 0 Å². The molecule has 2 N–H and O–H groups in total. The van der Waals surface area contributed by atoms with Gasteiger partial charge in [0.1, 0.15) is 10.9 Å². The summed E-state index contributed by atoms with van der Waals surface area (Å²) in [6.45, 7) is 0. The van der Waals surface area contributed by atoms with E-state index in [-0.39, 0.29) is 11.7 Å². The normalized spacial score (nSPS) is 11.6. The van der Waals surface area contributed by atoms with Crippen LogP contribution in [-0.2, 0) is 0 Å². The van der Waals surface area contributed by atoms with Gasteiger partial charge in [-0.15, -0.1) is 11.6 Å². The second-order valence-corrected chi connectivity index (χ2v) is 3.49. The molecule has 1 rings (SSSR count). The van der Waals surface area contributed by atoms with Gasteiger partial charge in [0, 0.05) is 0 Å². The van der Waals surface area contributed by atoms with Crippen molar-refractivity contribution in [1.82, 2.24) is 0 Å². The third-order valence-corrected chi connectivity index (χ3v) is 2.33. The lowest BCUT2D eigenvalue weighted by atomic mass is 10.2. The first-order chi connectivity index (χ1) is 7.88. The van der Waals surface area contributed by atoms with E-state index in [0.717, 1.165) is 0 Å². The Morgan fingerprint density at radius 2 is 2.18 bits per heavy atom. The van der Waals surface area contributed by atoms with Gasteiger partial charge in [0.25, 0.3) is 0 Å². The summed E-state index contributed by atoms with van der Waals surface area (Å²) >= 11 is 10.6. The Labute approximate surface area is 104 Å². The van der Waals surface area contributed by atoms with Gasteiger partial charge in [0.2, 0.25) is 0 Å². The molecule has 0 radical (unpaired) electrons. The molecule has 0 saturated heterocycles. The number of alkyl halides is 1. The minimum absolute atomic E-state index is 0.253. The summed E-state index contributed by atoms with van der Waals surface area (Å²) in [4.78, 5) is 13.0. The molecule has 0 unspecified atom stereocenters. The van der Waals surface area contributed by atoms with Crippen molar-refractivity contribution in [2.75, 3.05) is 5.88 Å². The van der Waals surface area contributed by atoms with Crippen LogP contribution in [0.5, 0.6) is 0 Å². The van der Waals surface area contributed by atoms with Crippen molar-refractivity contribution in [2.24, 2.45) is 10.7 Å². The van der Waals surface area contributed by atoms with Crippen LogP contribution in [-0.4, -0.2) is 16.6 Å². The monoisotopic (exact) mass is 283 g/mol. The number of nitrogens with two attached hydrogens (primary N) is 1. The van der Waals surface area contributed by atoms with E-state index in [0.29, 0.717) is 6.07 Å². The molecule has 0 amide bonds. The van der Waals surface area contributed by atoms with Crippen molar-refractivity contribution in [3.8, 4) is 0 Å². The number of hydrogen-bond acceptors (Lipinski definition) is 3. The maximum absolute atomic E-state index is 13.5. The summed E-state index contributed by atoms with van der Waals surface area (Å²) in [5, 5.41) is 9.70. The highest BCUT2D eigenvalue weighted by Gasteiger charge is 2.24. The average Bonchev–Trinajstić information content (AvgIpc) is 2.28. The third-order valence-electron chi connectivity index (χ3n) is 1.71. The summed E-state index contributed by atoms with van der Waals surface area (Å²) in [5.74, 6) is -3.12. The molecule has 0 saturated carbocycles. The Kier molecular flexibility index (Phi) is 4.19. The predicted molar refractivity (Wildman–Crippen MR) is 60.0 cm³/mol. The van der Waals surface area contributed by atoms with Crippen LogP contribution in [0.3, 0.4) is 0 Å². The summed E-state index contributed by atoms with van der Waals surface area (Å²) in [6.07, 6.45) is 0. The van der Waals surface area contributed by atoms with E-state index in [1.807, 2.05) is 0 Å². The molecular formula is C8H5Cl2F2N3O2. The number of aliphatic imine (C=N–C) groups is 1. The van der Waals surface area contributed by atoms with Crippen molar-refractivity contribution in [3.63, 3.8) is 0 Å². The molecular weight excluding hydrogens is 279 g/mol. The van der Waals surface area contributed by atoms with Gasteiger partial charge in [-0.3, -0.25) is 10.1 Å². The maximum atomic E-state index is 13.5. The fourth-order valence-corrected chi connectivity index (χ4v) is 1.20. The van der Waals surface area contributed by atoms with Crippen molar-refractivity contribution in [2.45, 2.75) is 0 Å². The topological polar surface area (TPSA) is 81.5 Å². The molecule has 0 aliphatic rings. The number of benzene rings is 1. The van der Waals surface area contributed by atoms with Crippen LogP contribution in [0.2, 0.25) is 5.02 Å². The molecule has 0 atom stereocenters. The van der Waals surface area contributed by atoms with E-state index in [4.69, 9.17) is 28.9 Å². The first kappa shape index (κ1) is 13.6. The molecule has 0 spiro atoms. The minimum atomic E-state index is -1.36. The van der Waals surface area contributed by atoms with Gasteiger partial charge < -0.3 is 5.73 Å². The molecule has 0 fully saturated rings. The zero-order valence-electron chi connectivity index (χ0n) is 8.08. The number of halogens is 4. The molecule has 0 aliphatic heterocycles. The molecule has 0 bridgehead atoms. The van der Waals surface area contributed by atoms with Gasteiger partial charge in [-0.25, -0.2) is 13.8 Å². The molecule has 0 heterocycles. The number of hydrogen-bond donors (Lipinski definition) is 1. The van der Waals surface area contributed by atoms with Gasteiger partial charge in [0.05, 0.1) is 16.9 Å². The van der Waals surface area contributed by atoms with Gasteiger partial charge in [0.15, 0.2) is 17.3 Å². The van der Waals surface area contributed by atoms with Crippen LogP contribution >= 0.6 is 23.2 Å². The quantitative estimate of drug-likeness (QED) is 0.231. The Bertz CT molecular complexity index is 508. The highest BCUT2D eigenvalue weighted by molar-refractivity contribution is 6.31. The first-order valence-corrected chi connectivity index (χ1v) is 5.00. The van der Waals surface area contributed by atoms with Crippen LogP contribution in [0.4, 0.5) is 20.2 Å². The maximum Gasteiger partial charge on any atom is 0.300 e. The highest BCUT2D eigenvalue weighted by Crippen LogP contribution is 2.36. The standard InChI is InChI=1S/C8H5Cl2F2N3O2/c9-2-5(13)14-8-4(15(16)17)1-3(11)6(10)7(8)12/h1H,2H2,(H2,13,14). The summed E-state index contributed by atoms with van der Waals surface area (Å²) in [7, 11) is 0. The van der Waals surface area contributed by atoms with E-state index in [2.05, 4.69) is 4.99 Å². The zero-order chi connectivity index (χ0) is 13.2. The molecule has 5 nitrogen and oxygen atoms in total. The van der Waals surface area contributed by atoms with Crippen LogP contribution < -0.4 is 5.73 Å². The van der Waals surface area contributed by atoms with Crippen LogP contribution in [0.15, 0.2) is 11.1 Å². The molecule has 0 aliphatic carbocycles. The van der Waals surface area contributed by atoms with E-state index in [1.54, 1.807) is 0 Å². The first-order valence-electron chi connectivity index (χ1n) is 4.09. The fraction of sp³-hybridized carbons (Fsp3) is 0.125. The van der Waals surface area contributed by atoms with E-state index < -0.39 is 33.0 Å². The van der Waals surface area contributed by atoms with Gasteiger partial charge in [-0.05, 0) is 0 Å². The number of amidine groups is 1. The van der Waals surface area contributed by atoms with Gasteiger partial charge >= 0.3 is 5.69 Å². The smallest absolute Gasteiger partial charge is 0.300 e. The summed E-state index contributed by atoms with van der Waals surface area (Å²) in [6, 6.07) is 0.464. The van der Waals surface area contributed by atoms with Gasteiger partial charge in [-0.2, -0.15) is 0 Å². The van der Waals surface area contributed by atoms with E-state index in [9.17, 15) is 18.9 Å². The predicted octanol–water partition coefficient (Wildman–Crippen LogP) is 2.75. The number of nitro benzene ring substituents is 1. The lowest BCUT2D eigenvalue weighted by molar-refractivity contribution is -0.384. The molecule has 92 valence electrons. The number of rotatable bonds is 3. The van der Waals surface area contributed by atoms with Crippen molar-refractivity contribution in [1.29, 1.82) is 0 Å². The largest absolute Gasteiger partial charge is 0.386 e. The molecule has 9 heteroatoms. The SMILES string of the molecule is NC(CCl)=Nc1c([N+](=O)[O-])cc(F)c(Cl)c1F. The molecule has 0 aromatic heterocycles. The van der Waals surface area contributed by atoms with Crippen molar-refractivity contribution < 1.29 is 13.7 Å². The zero-order valence-corrected chi connectivity index (χ0v) is 9.60. The minimum Gasteiger partial charge on any atom is -0.386 e. The van der Waals surface area contributed by atoms with E-state index >= 15 is 0 Å². The van der Waals surface area contributed by atoms with Crippen molar-refractivity contribution >= 4 is 40.4 Å². The fourth-order valence-electron chi connectivity index (χ4n) is 0.992. The number of nitro groups is 1. The van der Waals surface area contributed by atoms with Crippen LogP contribution in [0.25, 0.3) is 0 Å². The second-order valence-electron chi connectivity index (χ2n) is 2.85. The molecule has 1 aromatic rings. The second kappa shape index (κ2) is 5.24. The Morgan fingerprint density at radius 1 is 1.59 bits per heavy atom. The average molecular weight is 284 g/mol.